The van der Waals surface area contributed by atoms with E-state index in [-0.39, 0.29) is 24.4 Å². The van der Waals surface area contributed by atoms with Gasteiger partial charge in [0.05, 0.1) is 6.04 Å². The van der Waals surface area contributed by atoms with E-state index >= 15 is 0 Å². The molecule has 0 radical (unpaired) electrons. The maximum atomic E-state index is 11.7. The fourth-order valence-electron chi connectivity index (χ4n) is 1.59. The van der Waals surface area contributed by atoms with Gasteiger partial charge in [0.15, 0.2) is 0 Å². The summed E-state index contributed by atoms with van der Waals surface area (Å²) in [7, 11) is 0. The molecular formula is C9H16N2O3. The van der Waals surface area contributed by atoms with Crippen molar-refractivity contribution in [2.45, 2.75) is 19.9 Å². The smallest absolute Gasteiger partial charge is 0.323 e. The molecule has 5 heteroatoms. The van der Waals surface area contributed by atoms with Gasteiger partial charge in [0.25, 0.3) is 0 Å². The Morgan fingerprint density at radius 2 is 2.36 bits per heavy atom. The minimum absolute atomic E-state index is 0.103. The van der Waals surface area contributed by atoms with Gasteiger partial charge in [-0.3, -0.25) is 9.59 Å². The number of rotatable bonds is 3. The number of aliphatic carboxylic acids is 1. The summed E-state index contributed by atoms with van der Waals surface area (Å²) in [5.41, 5.74) is 0. The summed E-state index contributed by atoms with van der Waals surface area (Å²) >= 11 is 0. The Labute approximate surface area is 83.1 Å². The molecule has 0 saturated carbocycles. The van der Waals surface area contributed by atoms with Crippen molar-refractivity contribution in [2.24, 2.45) is 5.92 Å². The molecule has 0 spiro atoms. The predicted molar refractivity (Wildman–Crippen MR) is 50.8 cm³/mol. The summed E-state index contributed by atoms with van der Waals surface area (Å²) < 4.78 is 0. The molecule has 1 heterocycles. The Morgan fingerprint density at radius 3 is 2.86 bits per heavy atom. The molecule has 1 atom stereocenters. The van der Waals surface area contributed by atoms with Crippen molar-refractivity contribution in [3.63, 3.8) is 0 Å². The molecule has 0 aliphatic carbocycles. The van der Waals surface area contributed by atoms with Crippen LogP contribution in [0.1, 0.15) is 13.8 Å². The number of carbonyl (C=O) groups excluding carboxylic acids is 1. The van der Waals surface area contributed by atoms with Gasteiger partial charge in [-0.2, -0.15) is 0 Å². The summed E-state index contributed by atoms with van der Waals surface area (Å²) in [6, 6.07) is -0.233. The monoisotopic (exact) mass is 200 g/mol. The average molecular weight is 200 g/mol. The molecule has 80 valence electrons. The van der Waals surface area contributed by atoms with Crippen LogP contribution in [0.25, 0.3) is 0 Å². The second-order valence-corrected chi connectivity index (χ2v) is 3.83. The Balaban J connectivity index is 2.61. The van der Waals surface area contributed by atoms with E-state index in [1.165, 1.54) is 4.90 Å². The van der Waals surface area contributed by atoms with Crippen molar-refractivity contribution in [2.75, 3.05) is 19.6 Å². The Hall–Kier alpha value is -1.10. The van der Waals surface area contributed by atoms with Crippen LogP contribution in [-0.4, -0.2) is 47.6 Å². The largest absolute Gasteiger partial charge is 0.480 e. The van der Waals surface area contributed by atoms with E-state index in [2.05, 4.69) is 5.32 Å². The normalized spacial score (nSPS) is 22.9. The maximum Gasteiger partial charge on any atom is 0.323 e. The highest BCUT2D eigenvalue weighted by atomic mass is 16.4. The third-order valence-corrected chi connectivity index (χ3v) is 2.32. The van der Waals surface area contributed by atoms with Crippen LogP contribution < -0.4 is 5.32 Å². The fourth-order valence-corrected chi connectivity index (χ4v) is 1.59. The van der Waals surface area contributed by atoms with Gasteiger partial charge in [-0.1, -0.05) is 13.8 Å². The molecule has 1 aliphatic heterocycles. The summed E-state index contributed by atoms with van der Waals surface area (Å²) in [5, 5.41) is 11.7. The van der Waals surface area contributed by atoms with Gasteiger partial charge in [-0.25, -0.2) is 0 Å². The average Bonchev–Trinajstić information content (AvgIpc) is 2.07. The molecule has 1 aliphatic rings. The van der Waals surface area contributed by atoms with Gasteiger partial charge in [-0.15, -0.1) is 0 Å². The van der Waals surface area contributed by atoms with Gasteiger partial charge in [0.2, 0.25) is 5.91 Å². The predicted octanol–water partition coefficient (Wildman–Crippen LogP) is -0.473. The van der Waals surface area contributed by atoms with E-state index in [4.69, 9.17) is 5.11 Å². The lowest BCUT2D eigenvalue weighted by molar-refractivity contribution is -0.147. The van der Waals surface area contributed by atoms with Gasteiger partial charge in [0, 0.05) is 13.1 Å². The molecule has 0 bridgehead atoms. The minimum atomic E-state index is -0.956. The zero-order chi connectivity index (χ0) is 10.7. The summed E-state index contributed by atoms with van der Waals surface area (Å²) in [5.74, 6) is -0.865. The zero-order valence-corrected chi connectivity index (χ0v) is 8.49. The summed E-state index contributed by atoms with van der Waals surface area (Å²) in [6.07, 6.45) is 0. The highest BCUT2D eigenvalue weighted by Crippen LogP contribution is 2.09. The molecular weight excluding hydrogens is 184 g/mol. The quantitative estimate of drug-likeness (QED) is 0.646. The lowest BCUT2D eigenvalue weighted by Gasteiger charge is -2.34. The number of hydrogen-bond donors (Lipinski definition) is 2. The second kappa shape index (κ2) is 4.41. The first-order valence-corrected chi connectivity index (χ1v) is 4.76. The third-order valence-electron chi connectivity index (χ3n) is 2.32. The number of nitrogens with zero attached hydrogens (tertiary/aromatic N) is 1. The number of hydrogen-bond acceptors (Lipinski definition) is 3. The molecule has 1 amide bonds. The van der Waals surface area contributed by atoms with Crippen LogP contribution in [-0.2, 0) is 9.59 Å². The molecule has 0 aromatic carbocycles. The van der Waals surface area contributed by atoms with Crippen LogP contribution in [0, 0.1) is 5.92 Å². The van der Waals surface area contributed by atoms with E-state index < -0.39 is 5.97 Å². The Kier molecular flexibility index (Phi) is 3.46. The van der Waals surface area contributed by atoms with E-state index in [0.29, 0.717) is 13.1 Å². The number of carbonyl (C=O) groups is 2. The Bertz CT molecular complexity index is 240. The third kappa shape index (κ3) is 2.45. The van der Waals surface area contributed by atoms with E-state index in [1.54, 1.807) is 0 Å². The lowest BCUT2D eigenvalue weighted by Crippen LogP contribution is -2.57. The topological polar surface area (TPSA) is 69.6 Å². The van der Waals surface area contributed by atoms with Crippen LogP contribution in [0.4, 0.5) is 0 Å². The molecule has 5 nitrogen and oxygen atoms in total. The fraction of sp³-hybridized carbons (Fsp3) is 0.778. The molecule has 1 saturated heterocycles. The van der Waals surface area contributed by atoms with Crippen LogP contribution in [0.2, 0.25) is 0 Å². The van der Waals surface area contributed by atoms with Gasteiger partial charge in [-0.05, 0) is 5.92 Å². The first kappa shape index (κ1) is 11.0. The van der Waals surface area contributed by atoms with Crippen LogP contribution in [0.3, 0.4) is 0 Å². The Morgan fingerprint density at radius 1 is 1.71 bits per heavy atom. The van der Waals surface area contributed by atoms with Crippen molar-refractivity contribution < 1.29 is 14.7 Å². The van der Waals surface area contributed by atoms with Crippen LogP contribution in [0.5, 0.6) is 0 Å². The molecule has 0 aromatic heterocycles. The minimum Gasteiger partial charge on any atom is -0.480 e. The number of piperazine rings is 1. The van der Waals surface area contributed by atoms with Crippen molar-refractivity contribution >= 4 is 11.9 Å². The summed E-state index contributed by atoms with van der Waals surface area (Å²) in [4.78, 5) is 23.6. The highest BCUT2D eigenvalue weighted by molar-refractivity contribution is 5.86. The van der Waals surface area contributed by atoms with E-state index in [1.807, 2.05) is 13.8 Å². The number of carboxylic acids is 1. The van der Waals surface area contributed by atoms with Crippen LogP contribution in [0.15, 0.2) is 0 Å². The molecule has 1 rings (SSSR count). The standard InChI is InChI=1S/C9H16N2O3/c1-6(2)8-9(14)11(4-3-10-8)5-7(12)13/h6,8,10H,3-5H2,1-2H3,(H,12,13). The lowest BCUT2D eigenvalue weighted by atomic mass is 10.0. The zero-order valence-electron chi connectivity index (χ0n) is 8.49. The molecule has 14 heavy (non-hydrogen) atoms. The van der Waals surface area contributed by atoms with Crippen molar-refractivity contribution in [1.82, 2.24) is 10.2 Å². The van der Waals surface area contributed by atoms with E-state index in [0.717, 1.165) is 0 Å². The van der Waals surface area contributed by atoms with Gasteiger partial charge < -0.3 is 15.3 Å². The van der Waals surface area contributed by atoms with Crippen LogP contribution >= 0.6 is 0 Å². The SMILES string of the molecule is CC(C)C1NCCN(CC(=O)O)C1=O. The number of nitrogens with one attached hydrogen (secondary N) is 1. The first-order chi connectivity index (χ1) is 6.52. The van der Waals surface area contributed by atoms with Gasteiger partial charge >= 0.3 is 5.97 Å². The number of carboxylic acid groups (broad SMARTS) is 1. The maximum absolute atomic E-state index is 11.7. The summed E-state index contributed by atoms with van der Waals surface area (Å²) in [6.45, 7) is 4.85. The first-order valence-electron chi connectivity index (χ1n) is 4.76. The number of amides is 1. The van der Waals surface area contributed by atoms with Crippen molar-refractivity contribution in [1.29, 1.82) is 0 Å². The molecule has 2 N–H and O–H groups in total. The molecule has 1 unspecified atom stereocenters. The highest BCUT2D eigenvalue weighted by Gasteiger charge is 2.31. The second-order valence-electron chi connectivity index (χ2n) is 3.83. The molecule has 0 aromatic rings. The van der Waals surface area contributed by atoms with Crippen molar-refractivity contribution in [3.8, 4) is 0 Å². The van der Waals surface area contributed by atoms with Gasteiger partial charge in [0.1, 0.15) is 6.54 Å². The van der Waals surface area contributed by atoms with E-state index in [9.17, 15) is 9.59 Å². The van der Waals surface area contributed by atoms with Crippen molar-refractivity contribution in [3.05, 3.63) is 0 Å². The molecule has 1 fully saturated rings.